The third-order valence-electron chi connectivity index (χ3n) is 3.12. The van der Waals surface area contributed by atoms with Crippen LogP contribution in [0.15, 0.2) is 24.3 Å². The Morgan fingerprint density at radius 3 is 2.62 bits per heavy atom. The molecule has 1 heterocycles. The van der Waals surface area contributed by atoms with Gasteiger partial charge in [-0.25, -0.2) is 0 Å². The van der Waals surface area contributed by atoms with Crippen LogP contribution >= 0.6 is 0 Å². The monoisotopic (exact) mass is 287 g/mol. The van der Waals surface area contributed by atoms with Crippen LogP contribution in [0.4, 0.5) is 11.9 Å². The average molecular weight is 287 g/mol. The van der Waals surface area contributed by atoms with Gasteiger partial charge in [-0.15, -0.1) is 0 Å². The molecule has 0 radical (unpaired) electrons. The van der Waals surface area contributed by atoms with Gasteiger partial charge in [0.2, 0.25) is 11.9 Å². The third-order valence-corrected chi connectivity index (χ3v) is 3.12. The molecule has 0 bridgehead atoms. The van der Waals surface area contributed by atoms with Gasteiger partial charge < -0.3 is 15.8 Å². The summed E-state index contributed by atoms with van der Waals surface area (Å²) < 4.78 is 5.86. The maximum atomic E-state index is 5.86. The van der Waals surface area contributed by atoms with Crippen molar-refractivity contribution in [3.63, 3.8) is 0 Å². The lowest BCUT2D eigenvalue weighted by molar-refractivity contribution is 0.292. The highest BCUT2D eigenvalue weighted by Gasteiger charge is 2.11. The number of benzene rings is 1. The Morgan fingerprint density at radius 2 is 1.95 bits per heavy atom. The highest BCUT2D eigenvalue weighted by atomic mass is 16.5. The molecule has 1 aromatic carbocycles. The Labute approximate surface area is 124 Å². The summed E-state index contributed by atoms with van der Waals surface area (Å²) in [4.78, 5) is 12.3. The number of ether oxygens (including phenoxy) is 1. The molecule has 0 aliphatic carbocycles. The fourth-order valence-corrected chi connectivity index (χ4v) is 1.92. The van der Waals surface area contributed by atoms with Gasteiger partial charge in [0.25, 0.3) is 0 Å². The molecule has 1 aromatic heterocycles. The molecule has 21 heavy (non-hydrogen) atoms. The van der Waals surface area contributed by atoms with Gasteiger partial charge in [0.1, 0.15) is 18.2 Å². The lowest BCUT2D eigenvalue weighted by Crippen LogP contribution is -2.27. The molecule has 2 aromatic rings. The zero-order chi connectivity index (χ0) is 15.2. The molecule has 0 saturated heterocycles. The van der Waals surface area contributed by atoms with E-state index in [0.717, 1.165) is 17.7 Å². The first-order valence-corrected chi connectivity index (χ1v) is 7.01. The molecule has 0 spiro atoms. The van der Waals surface area contributed by atoms with Gasteiger partial charge in [0, 0.05) is 0 Å². The normalized spacial score (nSPS) is 12.0. The van der Waals surface area contributed by atoms with Crippen molar-refractivity contribution in [1.82, 2.24) is 15.0 Å². The van der Waals surface area contributed by atoms with Gasteiger partial charge in [-0.2, -0.15) is 15.0 Å². The second-order valence-corrected chi connectivity index (χ2v) is 4.89. The molecule has 0 amide bonds. The van der Waals surface area contributed by atoms with E-state index in [9.17, 15) is 0 Å². The number of hydrogen-bond donors (Lipinski definition) is 2. The van der Waals surface area contributed by atoms with Crippen molar-refractivity contribution in [1.29, 1.82) is 0 Å². The predicted octanol–water partition coefficient (Wildman–Crippen LogP) is 2.34. The number of rotatable bonds is 6. The molecule has 1 unspecified atom stereocenters. The number of anilines is 2. The van der Waals surface area contributed by atoms with Crippen molar-refractivity contribution >= 4 is 11.9 Å². The molecule has 1 atom stereocenters. The van der Waals surface area contributed by atoms with E-state index < -0.39 is 0 Å². The minimum Gasteiger partial charge on any atom is -0.491 e. The minimum atomic E-state index is 0.103. The molecule has 6 heteroatoms. The number of para-hydroxylation sites is 1. The average Bonchev–Trinajstić information content (AvgIpc) is 2.44. The zero-order valence-electron chi connectivity index (χ0n) is 12.6. The summed E-state index contributed by atoms with van der Waals surface area (Å²) in [5.74, 6) is 2.20. The Bertz CT molecular complexity index is 582. The van der Waals surface area contributed by atoms with Crippen molar-refractivity contribution < 1.29 is 4.74 Å². The molecule has 2 rings (SSSR count). The molecule has 0 aliphatic rings. The summed E-state index contributed by atoms with van der Waals surface area (Å²) in [5.41, 5.74) is 6.75. The SMILES string of the molecule is CCC(COc1ccccc1C)Nc1nc(C)nc(N)n1. The summed E-state index contributed by atoms with van der Waals surface area (Å²) in [5, 5.41) is 3.23. The molecule has 0 fully saturated rings. The van der Waals surface area contributed by atoms with Crippen LogP contribution in [0, 0.1) is 13.8 Å². The van der Waals surface area contributed by atoms with E-state index in [0.29, 0.717) is 18.4 Å². The van der Waals surface area contributed by atoms with E-state index in [1.165, 1.54) is 0 Å². The Kier molecular flexibility index (Phi) is 4.92. The zero-order valence-corrected chi connectivity index (χ0v) is 12.6. The van der Waals surface area contributed by atoms with Crippen LogP contribution < -0.4 is 15.8 Å². The second-order valence-electron chi connectivity index (χ2n) is 4.89. The Balaban J connectivity index is 1.98. The largest absolute Gasteiger partial charge is 0.491 e. The smallest absolute Gasteiger partial charge is 0.228 e. The number of nitrogens with two attached hydrogens (primary N) is 1. The summed E-state index contributed by atoms with van der Waals surface area (Å²) >= 11 is 0. The molecule has 3 N–H and O–H groups in total. The maximum absolute atomic E-state index is 5.86. The quantitative estimate of drug-likeness (QED) is 0.848. The first-order valence-electron chi connectivity index (χ1n) is 7.01. The fourth-order valence-electron chi connectivity index (χ4n) is 1.92. The van der Waals surface area contributed by atoms with E-state index in [4.69, 9.17) is 10.5 Å². The first-order chi connectivity index (χ1) is 10.1. The number of nitrogens with zero attached hydrogens (tertiary/aromatic N) is 3. The van der Waals surface area contributed by atoms with E-state index in [1.807, 2.05) is 31.2 Å². The van der Waals surface area contributed by atoms with E-state index in [2.05, 4.69) is 27.2 Å². The van der Waals surface area contributed by atoms with Crippen LogP contribution in [-0.4, -0.2) is 27.6 Å². The summed E-state index contributed by atoms with van der Waals surface area (Å²) in [6.07, 6.45) is 0.885. The number of nitrogens with one attached hydrogen (secondary N) is 1. The van der Waals surface area contributed by atoms with Crippen molar-refractivity contribution in [3.05, 3.63) is 35.7 Å². The molecule has 0 aliphatic heterocycles. The topological polar surface area (TPSA) is 86.0 Å². The number of hydrogen-bond acceptors (Lipinski definition) is 6. The van der Waals surface area contributed by atoms with E-state index in [-0.39, 0.29) is 12.0 Å². The minimum absolute atomic E-state index is 0.103. The standard InChI is InChI=1S/C15H21N5O/c1-4-12(9-21-13-8-6-5-7-10(13)2)19-15-18-11(3)17-14(16)20-15/h5-8,12H,4,9H2,1-3H3,(H3,16,17,18,19,20). The highest BCUT2D eigenvalue weighted by molar-refractivity contribution is 5.33. The summed E-state index contributed by atoms with van der Waals surface area (Å²) in [7, 11) is 0. The number of nitrogen functional groups attached to an aromatic ring is 1. The van der Waals surface area contributed by atoms with Crippen LogP contribution in [0.5, 0.6) is 5.75 Å². The van der Waals surface area contributed by atoms with Crippen molar-refractivity contribution in [3.8, 4) is 5.75 Å². The van der Waals surface area contributed by atoms with Gasteiger partial charge in [-0.1, -0.05) is 25.1 Å². The Hall–Kier alpha value is -2.37. The van der Waals surface area contributed by atoms with Gasteiger partial charge in [-0.3, -0.25) is 0 Å². The van der Waals surface area contributed by atoms with Crippen LogP contribution in [0.25, 0.3) is 0 Å². The van der Waals surface area contributed by atoms with E-state index in [1.54, 1.807) is 6.92 Å². The Morgan fingerprint density at radius 1 is 1.19 bits per heavy atom. The molecule has 112 valence electrons. The number of aromatic nitrogens is 3. The van der Waals surface area contributed by atoms with Crippen molar-refractivity contribution in [2.75, 3.05) is 17.7 Å². The summed E-state index contributed by atoms with van der Waals surface area (Å²) in [6, 6.07) is 8.05. The van der Waals surface area contributed by atoms with Gasteiger partial charge in [-0.05, 0) is 31.9 Å². The van der Waals surface area contributed by atoms with Gasteiger partial charge in [0.15, 0.2) is 0 Å². The summed E-state index contributed by atoms with van der Waals surface area (Å²) in [6.45, 7) is 6.43. The molecular formula is C15H21N5O. The first kappa shape index (κ1) is 15.0. The maximum Gasteiger partial charge on any atom is 0.228 e. The van der Waals surface area contributed by atoms with Gasteiger partial charge in [0.05, 0.1) is 6.04 Å². The van der Waals surface area contributed by atoms with Crippen LogP contribution in [-0.2, 0) is 0 Å². The van der Waals surface area contributed by atoms with Crippen molar-refractivity contribution in [2.45, 2.75) is 33.2 Å². The van der Waals surface area contributed by atoms with Crippen molar-refractivity contribution in [2.24, 2.45) is 0 Å². The van der Waals surface area contributed by atoms with Crippen LogP contribution in [0.3, 0.4) is 0 Å². The second kappa shape index (κ2) is 6.88. The number of aryl methyl sites for hydroxylation is 2. The lowest BCUT2D eigenvalue weighted by atomic mass is 10.2. The lowest BCUT2D eigenvalue weighted by Gasteiger charge is -2.18. The third kappa shape index (κ3) is 4.30. The molecular weight excluding hydrogens is 266 g/mol. The van der Waals surface area contributed by atoms with E-state index >= 15 is 0 Å². The fraction of sp³-hybridized carbons (Fsp3) is 0.400. The van der Waals surface area contributed by atoms with Crippen LogP contribution in [0.2, 0.25) is 0 Å². The molecule has 0 saturated carbocycles. The predicted molar refractivity (Wildman–Crippen MR) is 83.4 cm³/mol. The molecule has 6 nitrogen and oxygen atoms in total. The highest BCUT2D eigenvalue weighted by Crippen LogP contribution is 2.17. The van der Waals surface area contributed by atoms with Crippen LogP contribution in [0.1, 0.15) is 24.7 Å². The van der Waals surface area contributed by atoms with Gasteiger partial charge >= 0.3 is 0 Å².